The average molecular weight is 1170 g/mol. The minimum atomic E-state index is -2.06. The van der Waals surface area contributed by atoms with Gasteiger partial charge in [0.2, 0.25) is 0 Å². The molecule has 2 saturated carbocycles. The summed E-state index contributed by atoms with van der Waals surface area (Å²) in [6.07, 6.45) is -20.6. The number of nitrogens with zero attached hydrogens (tertiary/aromatic N) is 6. The molecule has 5 heterocycles. The molecular formula is C57H73FN6O19. The summed E-state index contributed by atoms with van der Waals surface area (Å²) in [5.41, 5.74) is 1.81. The van der Waals surface area contributed by atoms with Gasteiger partial charge in [-0.3, -0.25) is 0 Å². The zero-order valence-electron chi connectivity index (χ0n) is 45.4. The van der Waals surface area contributed by atoms with Crippen LogP contribution in [0.25, 0.3) is 22.5 Å². The van der Waals surface area contributed by atoms with Crippen LogP contribution in [0.1, 0.15) is 80.7 Å². The van der Waals surface area contributed by atoms with Gasteiger partial charge in [-0.2, -0.15) is 0 Å². The second kappa shape index (κ2) is 27.4. The number of esters is 1. The third-order valence-electron chi connectivity index (χ3n) is 16.5. The normalized spacial score (nSPS) is 34.8. The highest BCUT2D eigenvalue weighted by Crippen LogP contribution is 2.43. The van der Waals surface area contributed by atoms with E-state index in [0.29, 0.717) is 16.8 Å². The summed E-state index contributed by atoms with van der Waals surface area (Å²) in [5.74, 6) is -2.08. The van der Waals surface area contributed by atoms with E-state index < -0.39 is 154 Å². The van der Waals surface area contributed by atoms with Gasteiger partial charge in [0.25, 0.3) is 0 Å². The Kier molecular flexibility index (Phi) is 20.0. The molecule has 3 aromatic carbocycles. The van der Waals surface area contributed by atoms with Crippen molar-refractivity contribution in [3.63, 3.8) is 0 Å². The van der Waals surface area contributed by atoms with E-state index in [-0.39, 0.29) is 43.0 Å². The second-order valence-corrected chi connectivity index (χ2v) is 22.2. The van der Waals surface area contributed by atoms with Crippen LogP contribution in [0.5, 0.6) is 0 Å². The minimum absolute atomic E-state index is 0.0291. The zero-order chi connectivity index (χ0) is 58.5. The minimum Gasteiger partial charge on any atom is -0.450 e. The number of aromatic nitrogens is 6. The number of benzene rings is 3. The van der Waals surface area contributed by atoms with Crippen LogP contribution in [-0.2, 0) is 37.9 Å². The fourth-order valence-electron chi connectivity index (χ4n) is 12.0. The van der Waals surface area contributed by atoms with Crippen LogP contribution >= 0.6 is 0 Å². The van der Waals surface area contributed by atoms with Crippen LogP contribution in [-0.4, -0.2) is 217 Å². The van der Waals surface area contributed by atoms with E-state index in [9.17, 15) is 60.3 Å². The van der Waals surface area contributed by atoms with E-state index in [1.807, 2.05) is 30.3 Å². The van der Waals surface area contributed by atoms with Gasteiger partial charge in [0.1, 0.15) is 90.4 Å². The fraction of sp³-hybridized carbons (Fsp3) is 0.596. The number of ether oxygens (including phenoxy) is 8. The molecule has 2 aliphatic carbocycles. The third kappa shape index (κ3) is 13.8. The topological polar surface area (TPSA) is 355 Å². The lowest BCUT2D eigenvalue weighted by atomic mass is 9.81. The van der Waals surface area contributed by atoms with Gasteiger partial charge in [0.05, 0.1) is 56.0 Å². The van der Waals surface area contributed by atoms with E-state index in [1.54, 1.807) is 30.5 Å². The lowest BCUT2D eigenvalue weighted by Crippen LogP contribution is -2.64. The molecule has 20 atom stereocenters. The van der Waals surface area contributed by atoms with Crippen molar-refractivity contribution in [3.8, 4) is 22.5 Å². The number of hydrogen-bond acceptors (Lipinski definition) is 23. The quantitative estimate of drug-likeness (QED) is 0.0383. The van der Waals surface area contributed by atoms with Crippen LogP contribution in [0.4, 0.5) is 4.39 Å². The Morgan fingerprint density at radius 1 is 0.663 bits per heavy atom. The van der Waals surface area contributed by atoms with Crippen LogP contribution in [0, 0.1) is 17.7 Å². The van der Waals surface area contributed by atoms with Gasteiger partial charge in [-0.25, -0.2) is 18.5 Å². The van der Waals surface area contributed by atoms with Crippen molar-refractivity contribution in [1.29, 1.82) is 0 Å². The SMILES string of the molecule is CC1O[C@@H](OC2C(n3cc(-c4ccccc4)nn3)CC(CO[C@H]3OC(CO)[C@@H](O)C(n4cc(-c5cccc(F)c5)nn4)C3O)C[C@H]2O[C@@H]2OC(CO)[C@H](O)C(O[C@@H](CC3CCCCC3)C(O)O)C2OC(=O)c2ccccc2)C(O)C(O)[C@@H]1O. The van der Waals surface area contributed by atoms with Gasteiger partial charge < -0.3 is 89.0 Å². The molecule has 83 heavy (non-hydrogen) atoms. The highest BCUT2D eigenvalue weighted by molar-refractivity contribution is 5.89. The number of carbonyl (C=O) groups is 1. The van der Waals surface area contributed by atoms with Gasteiger partial charge in [-0.15, -0.1) is 10.2 Å². The number of halogens is 1. The number of aliphatic hydroxyl groups is 10. The van der Waals surface area contributed by atoms with Crippen molar-refractivity contribution in [2.45, 2.75) is 181 Å². The van der Waals surface area contributed by atoms with E-state index >= 15 is 0 Å². The number of rotatable bonds is 20. The largest absolute Gasteiger partial charge is 0.450 e. The molecule has 0 amide bonds. The highest BCUT2D eigenvalue weighted by atomic mass is 19.1. The van der Waals surface area contributed by atoms with Crippen LogP contribution in [0.2, 0.25) is 0 Å². The maximum atomic E-state index is 14.2. The lowest BCUT2D eigenvalue weighted by Gasteiger charge is -2.49. The highest BCUT2D eigenvalue weighted by Gasteiger charge is 2.55. The summed E-state index contributed by atoms with van der Waals surface area (Å²) in [6, 6.07) is 20.3. The van der Waals surface area contributed by atoms with E-state index in [0.717, 1.165) is 32.1 Å². The molecule has 5 aliphatic rings. The van der Waals surface area contributed by atoms with Crippen LogP contribution < -0.4 is 0 Å². The molecule has 5 aromatic rings. The summed E-state index contributed by atoms with van der Waals surface area (Å²) >= 11 is 0. The van der Waals surface area contributed by atoms with Gasteiger partial charge in [0.15, 0.2) is 31.3 Å². The maximum Gasteiger partial charge on any atom is 0.338 e. The van der Waals surface area contributed by atoms with Crippen molar-refractivity contribution >= 4 is 5.97 Å². The zero-order valence-corrected chi connectivity index (χ0v) is 45.4. The standard InChI is InChI=1S/C57H73FN6O19/c1-29-44(67)48(71)49(72)56(77-29)83-50-38(63-24-36(59-61-63)32-14-7-3-8-15-32)20-31(28-76-55-47(70)43(45(68)41(26-65)80-55)64-25-37(60-62-64)34-18-11-19-35(58)23-34)22-39(50)79-57-52(82-54(75)33-16-9-4-10-17-33)51(46(69)42(27-66)81-57)78-40(53(73)74)21-30-12-5-2-6-13-30/h3-4,7-11,14-19,23-25,29-31,38-53,55-57,65-74H,2,5-6,12-13,20-22,26-28H2,1H3/t29?,31?,38?,39-,40+,41?,42?,43?,44-,45-,46+,47?,48?,49?,50?,51?,52?,55+,56+,57-/m1/s1. The molecule has 10 N–H and O–H groups in total. The molecule has 3 saturated heterocycles. The predicted octanol–water partition coefficient (Wildman–Crippen LogP) is 0.927. The lowest BCUT2D eigenvalue weighted by molar-refractivity contribution is -0.353. The Labute approximate surface area is 476 Å². The van der Waals surface area contributed by atoms with Crippen molar-refractivity contribution in [2.75, 3.05) is 19.8 Å². The molecule has 12 unspecified atom stereocenters. The molecule has 452 valence electrons. The van der Waals surface area contributed by atoms with Gasteiger partial charge in [-0.1, -0.05) is 103 Å². The monoisotopic (exact) mass is 1160 g/mol. The molecule has 2 aromatic heterocycles. The molecular weight excluding hydrogens is 1090 g/mol. The summed E-state index contributed by atoms with van der Waals surface area (Å²) in [4.78, 5) is 14.2. The Morgan fingerprint density at radius 3 is 2.01 bits per heavy atom. The van der Waals surface area contributed by atoms with E-state index in [4.69, 9.17) is 37.9 Å². The van der Waals surface area contributed by atoms with Gasteiger partial charge in [0, 0.05) is 11.1 Å². The first-order valence-corrected chi connectivity index (χ1v) is 28.2. The Bertz CT molecular complexity index is 2840. The first-order valence-electron chi connectivity index (χ1n) is 28.2. The first kappa shape index (κ1) is 60.8. The van der Waals surface area contributed by atoms with Crippen LogP contribution in [0.15, 0.2) is 97.3 Å². The fourth-order valence-corrected chi connectivity index (χ4v) is 12.0. The Balaban J connectivity index is 1.01. The van der Waals surface area contributed by atoms with Crippen molar-refractivity contribution < 1.29 is 98.1 Å². The summed E-state index contributed by atoms with van der Waals surface area (Å²) in [5, 5.41) is 129. The summed E-state index contributed by atoms with van der Waals surface area (Å²) in [6.45, 7) is -0.322. The van der Waals surface area contributed by atoms with Crippen molar-refractivity contribution in [1.82, 2.24) is 30.0 Å². The second-order valence-electron chi connectivity index (χ2n) is 22.2. The Hall–Kier alpha value is -5.34. The van der Waals surface area contributed by atoms with Crippen molar-refractivity contribution in [3.05, 3.63) is 109 Å². The molecule has 26 heteroatoms. The molecule has 3 aliphatic heterocycles. The summed E-state index contributed by atoms with van der Waals surface area (Å²) in [7, 11) is 0. The molecule has 25 nitrogen and oxygen atoms in total. The molecule has 0 spiro atoms. The van der Waals surface area contributed by atoms with E-state index in [2.05, 4.69) is 20.6 Å². The molecule has 10 rings (SSSR count). The summed E-state index contributed by atoms with van der Waals surface area (Å²) < 4.78 is 68.1. The van der Waals surface area contributed by atoms with Gasteiger partial charge >= 0.3 is 5.97 Å². The number of carbonyl (C=O) groups excluding carboxylic acids is 1. The molecule has 5 fully saturated rings. The maximum absolute atomic E-state index is 14.2. The molecule has 0 bridgehead atoms. The van der Waals surface area contributed by atoms with Gasteiger partial charge in [-0.05, 0) is 62.3 Å². The Morgan fingerprint density at radius 2 is 1.31 bits per heavy atom. The smallest absolute Gasteiger partial charge is 0.338 e. The van der Waals surface area contributed by atoms with E-state index in [1.165, 1.54) is 52.8 Å². The van der Waals surface area contributed by atoms with Crippen molar-refractivity contribution in [2.24, 2.45) is 11.8 Å². The first-order chi connectivity index (χ1) is 40.1. The third-order valence-corrected chi connectivity index (χ3v) is 16.5. The van der Waals surface area contributed by atoms with Crippen LogP contribution in [0.3, 0.4) is 0 Å². The average Bonchev–Trinajstić information content (AvgIpc) is 3.89. The molecule has 0 radical (unpaired) electrons. The number of hydrogen-bond donors (Lipinski definition) is 10. The number of aliphatic hydroxyl groups excluding tert-OH is 9. The predicted molar refractivity (Wildman–Crippen MR) is 283 cm³/mol.